The number of hydrogen-bond donors (Lipinski definition) is 2. The summed E-state index contributed by atoms with van der Waals surface area (Å²) in [6, 6.07) is 5.86. The number of amides is 2. The van der Waals surface area contributed by atoms with Crippen LogP contribution in [0.5, 0.6) is 5.75 Å². The lowest BCUT2D eigenvalue weighted by atomic mass is 10.1. The summed E-state index contributed by atoms with van der Waals surface area (Å²) >= 11 is 0. The van der Waals surface area contributed by atoms with Crippen LogP contribution in [0, 0.1) is 0 Å². The Morgan fingerprint density at radius 2 is 1.33 bits per heavy atom. The van der Waals surface area contributed by atoms with Crippen molar-refractivity contribution < 1.29 is 14.7 Å². The number of hydrogen-bond acceptors (Lipinski definition) is 3. The number of phenols is 1. The summed E-state index contributed by atoms with van der Waals surface area (Å²) in [6.45, 7) is 2.23. The van der Waals surface area contributed by atoms with Crippen molar-refractivity contribution >= 4 is 11.8 Å². The molecule has 0 unspecified atom stereocenters. The minimum atomic E-state index is -0.410. The fourth-order valence-corrected chi connectivity index (χ4v) is 2.65. The maximum atomic E-state index is 11.8. The molecule has 0 heterocycles. The van der Waals surface area contributed by atoms with Gasteiger partial charge in [0.15, 0.2) is 0 Å². The monoisotopic (exact) mass is 333 g/mol. The van der Waals surface area contributed by atoms with Gasteiger partial charge in [0.1, 0.15) is 5.75 Å². The van der Waals surface area contributed by atoms with Gasteiger partial charge in [-0.15, -0.1) is 0 Å². The van der Waals surface area contributed by atoms with Gasteiger partial charge in [0.25, 0.3) is 5.91 Å². The molecule has 0 aliphatic heterocycles. The van der Waals surface area contributed by atoms with Gasteiger partial charge in [0.05, 0.1) is 0 Å². The molecule has 134 valence electrons. The first-order valence-electron chi connectivity index (χ1n) is 9.26. The Morgan fingerprint density at radius 1 is 0.833 bits per heavy atom. The molecule has 0 radical (unpaired) electrons. The predicted octanol–water partition coefficient (Wildman–Crippen LogP) is 4.96. The zero-order valence-corrected chi connectivity index (χ0v) is 14.9. The molecule has 1 aromatic rings. The normalized spacial score (nSPS) is 10.5. The summed E-state index contributed by atoms with van der Waals surface area (Å²) in [5, 5.41) is 11.6. The SMILES string of the molecule is CCCCCCCCCCCCC(=O)NC(=O)c1ccc(O)cc1. The number of rotatable bonds is 12. The Balaban J connectivity index is 2.02. The number of carbonyl (C=O) groups is 2. The van der Waals surface area contributed by atoms with Crippen molar-refractivity contribution in [3.05, 3.63) is 29.8 Å². The van der Waals surface area contributed by atoms with Crippen molar-refractivity contribution in [1.29, 1.82) is 0 Å². The maximum absolute atomic E-state index is 11.8. The van der Waals surface area contributed by atoms with Crippen LogP contribution in [0.2, 0.25) is 0 Å². The maximum Gasteiger partial charge on any atom is 0.257 e. The van der Waals surface area contributed by atoms with Crippen LogP contribution >= 0.6 is 0 Å². The summed E-state index contributed by atoms with van der Waals surface area (Å²) in [4.78, 5) is 23.6. The van der Waals surface area contributed by atoms with Crippen LogP contribution in [-0.4, -0.2) is 16.9 Å². The van der Waals surface area contributed by atoms with E-state index >= 15 is 0 Å². The minimum absolute atomic E-state index is 0.100. The van der Waals surface area contributed by atoms with Gasteiger partial charge in [0, 0.05) is 12.0 Å². The molecule has 0 saturated heterocycles. The van der Waals surface area contributed by atoms with Crippen molar-refractivity contribution in [2.24, 2.45) is 0 Å². The van der Waals surface area contributed by atoms with E-state index in [-0.39, 0.29) is 11.7 Å². The molecular formula is C20H31NO3. The molecule has 4 heteroatoms. The lowest BCUT2D eigenvalue weighted by Gasteiger charge is -2.05. The van der Waals surface area contributed by atoms with Crippen molar-refractivity contribution in [3.8, 4) is 5.75 Å². The van der Waals surface area contributed by atoms with E-state index in [0.29, 0.717) is 12.0 Å². The highest BCUT2D eigenvalue weighted by atomic mass is 16.3. The predicted molar refractivity (Wildman–Crippen MR) is 97.0 cm³/mol. The lowest BCUT2D eigenvalue weighted by molar-refractivity contribution is -0.120. The zero-order valence-electron chi connectivity index (χ0n) is 14.9. The van der Waals surface area contributed by atoms with Crippen LogP contribution in [0.3, 0.4) is 0 Å². The molecule has 2 amide bonds. The molecule has 2 N–H and O–H groups in total. The number of benzene rings is 1. The Labute approximate surface area is 145 Å². The van der Waals surface area contributed by atoms with Gasteiger partial charge >= 0.3 is 0 Å². The third-order valence-electron chi connectivity index (χ3n) is 4.14. The standard InChI is InChI=1S/C20H31NO3/c1-2-3-4-5-6-7-8-9-10-11-12-19(23)21-20(24)17-13-15-18(22)16-14-17/h13-16,22H,2-12H2,1H3,(H,21,23,24). The highest BCUT2D eigenvalue weighted by molar-refractivity contribution is 6.04. The number of imide groups is 1. The van der Waals surface area contributed by atoms with Crippen molar-refractivity contribution in [2.45, 2.75) is 77.6 Å². The van der Waals surface area contributed by atoms with Crippen molar-refractivity contribution in [1.82, 2.24) is 5.32 Å². The van der Waals surface area contributed by atoms with E-state index in [2.05, 4.69) is 12.2 Å². The molecular weight excluding hydrogens is 302 g/mol. The van der Waals surface area contributed by atoms with Crippen LogP contribution < -0.4 is 5.32 Å². The summed E-state index contributed by atoms with van der Waals surface area (Å²) in [6.07, 6.45) is 12.6. The first-order chi connectivity index (χ1) is 11.6. The van der Waals surface area contributed by atoms with Gasteiger partial charge < -0.3 is 5.11 Å². The smallest absolute Gasteiger partial charge is 0.257 e. The largest absolute Gasteiger partial charge is 0.508 e. The Hall–Kier alpha value is -1.84. The number of nitrogens with one attached hydrogen (secondary N) is 1. The highest BCUT2D eigenvalue weighted by Gasteiger charge is 2.09. The summed E-state index contributed by atoms with van der Waals surface area (Å²) in [5.74, 6) is -0.539. The minimum Gasteiger partial charge on any atom is -0.508 e. The second-order valence-electron chi connectivity index (χ2n) is 6.36. The van der Waals surface area contributed by atoms with Crippen molar-refractivity contribution in [2.75, 3.05) is 0 Å². The fourth-order valence-electron chi connectivity index (χ4n) is 2.65. The van der Waals surface area contributed by atoms with Gasteiger partial charge in [0.2, 0.25) is 5.91 Å². The van der Waals surface area contributed by atoms with Crippen LogP contribution in [0.1, 0.15) is 87.9 Å². The van der Waals surface area contributed by atoms with Crippen LogP contribution in [-0.2, 0) is 4.79 Å². The Kier molecular flexibility index (Phi) is 10.6. The third-order valence-corrected chi connectivity index (χ3v) is 4.14. The molecule has 0 aliphatic carbocycles. The van der Waals surface area contributed by atoms with Crippen LogP contribution in [0.15, 0.2) is 24.3 Å². The quantitative estimate of drug-likeness (QED) is 0.531. The number of phenolic OH excluding ortho intramolecular Hbond substituents is 1. The van der Waals surface area contributed by atoms with Gasteiger partial charge in [-0.25, -0.2) is 0 Å². The van der Waals surface area contributed by atoms with E-state index in [0.717, 1.165) is 19.3 Å². The molecule has 0 saturated carbocycles. The molecule has 0 bridgehead atoms. The van der Waals surface area contributed by atoms with Crippen LogP contribution in [0.4, 0.5) is 0 Å². The number of aromatic hydroxyl groups is 1. The van der Waals surface area contributed by atoms with Gasteiger partial charge in [-0.1, -0.05) is 64.7 Å². The van der Waals surface area contributed by atoms with Gasteiger partial charge in [-0.2, -0.15) is 0 Å². The van der Waals surface area contributed by atoms with E-state index in [1.807, 2.05) is 0 Å². The van der Waals surface area contributed by atoms with Crippen molar-refractivity contribution in [3.63, 3.8) is 0 Å². The van der Waals surface area contributed by atoms with E-state index in [1.54, 1.807) is 0 Å². The second kappa shape index (κ2) is 12.6. The molecule has 1 aromatic carbocycles. The topological polar surface area (TPSA) is 66.4 Å². The molecule has 0 atom stereocenters. The molecule has 4 nitrogen and oxygen atoms in total. The first kappa shape index (κ1) is 20.2. The third kappa shape index (κ3) is 9.33. The number of carbonyl (C=O) groups excluding carboxylic acids is 2. The Bertz CT molecular complexity index is 482. The average molecular weight is 333 g/mol. The van der Waals surface area contributed by atoms with E-state index in [1.165, 1.54) is 69.2 Å². The fraction of sp³-hybridized carbons (Fsp3) is 0.600. The van der Waals surface area contributed by atoms with E-state index in [9.17, 15) is 14.7 Å². The van der Waals surface area contributed by atoms with Crippen LogP contribution in [0.25, 0.3) is 0 Å². The number of unbranched alkanes of at least 4 members (excludes halogenated alkanes) is 9. The summed E-state index contributed by atoms with van der Waals surface area (Å²) < 4.78 is 0. The summed E-state index contributed by atoms with van der Waals surface area (Å²) in [5.41, 5.74) is 0.379. The zero-order chi connectivity index (χ0) is 17.6. The molecule has 0 spiro atoms. The molecule has 24 heavy (non-hydrogen) atoms. The molecule has 1 rings (SSSR count). The van der Waals surface area contributed by atoms with E-state index < -0.39 is 5.91 Å². The molecule has 0 fully saturated rings. The highest BCUT2D eigenvalue weighted by Crippen LogP contribution is 2.12. The lowest BCUT2D eigenvalue weighted by Crippen LogP contribution is -2.30. The van der Waals surface area contributed by atoms with Gasteiger partial charge in [-0.3, -0.25) is 14.9 Å². The average Bonchev–Trinajstić information content (AvgIpc) is 2.57. The molecule has 0 aromatic heterocycles. The van der Waals surface area contributed by atoms with Gasteiger partial charge in [-0.05, 0) is 30.7 Å². The van der Waals surface area contributed by atoms with E-state index in [4.69, 9.17) is 0 Å². The molecule has 0 aliphatic rings. The summed E-state index contributed by atoms with van der Waals surface area (Å²) in [7, 11) is 0. The second-order valence-corrected chi connectivity index (χ2v) is 6.36. The Morgan fingerprint density at radius 3 is 1.88 bits per heavy atom. The first-order valence-corrected chi connectivity index (χ1v) is 9.26.